The number of amides is 1. The summed E-state index contributed by atoms with van der Waals surface area (Å²) in [5, 5.41) is 2.75. The zero-order valence-electron chi connectivity index (χ0n) is 23.0. The smallest absolute Gasteiger partial charge is 0.306 e. The number of hydrogen-bond donors (Lipinski definition) is 1. The Balaban J connectivity index is 1.21. The Hall–Kier alpha value is -4.71. The van der Waals surface area contributed by atoms with Crippen molar-refractivity contribution in [3.05, 3.63) is 125 Å². The first kappa shape index (κ1) is 28.3. The molecule has 6 heteroatoms. The van der Waals surface area contributed by atoms with Crippen molar-refractivity contribution in [2.75, 3.05) is 11.9 Å². The zero-order chi connectivity index (χ0) is 28.5. The van der Waals surface area contributed by atoms with Crippen molar-refractivity contribution in [1.29, 1.82) is 0 Å². The summed E-state index contributed by atoms with van der Waals surface area (Å²) in [7, 11) is 0. The highest BCUT2D eigenvalue weighted by Gasteiger charge is 2.22. The van der Waals surface area contributed by atoms with Gasteiger partial charge in [-0.2, -0.15) is 0 Å². The Labute approximate surface area is 235 Å². The van der Waals surface area contributed by atoms with Gasteiger partial charge in [-0.05, 0) is 54.4 Å². The first-order chi connectivity index (χ1) is 19.2. The molecule has 0 aromatic heterocycles. The summed E-state index contributed by atoms with van der Waals surface area (Å²) in [4.78, 5) is 36.4. The topological polar surface area (TPSA) is 81.7 Å². The van der Waals surface area contributed by atoms with Gasteiger partial charge in [-0.25, -0.2) is 0 Å². The lowest BCUT2D eigenvalue weighted by Crippen LogP contribution is -2.18. The molecule has 0 spiro atoms. The van der Waals surface area contributed by atoms with Gasteiger partial charge in [0.15, 0.2) is 12.4 Å². The number of carbonyl (C=O) groups excluding carboxylic acids is 3. The van der Waals surface area contributed by atoms with Gasteiger partial charge in [-0.3, -0.25) is 14.4 Å². The van der Waals surface area contributed by atoms with Crippen LogP contribution in [0, 0.1) is 6.92 Å². The molecule has 1 N–H and O–H groups in total. The van der Waals surface area contributed by atoms with Crippen molar-refractivity contribution in [3.63, 3.8) is 0 Å². The third-order valence-corrected chi connectivity index (χ3v) is 6.74. The van der Waals surface area contributed by atoms with Crippen LogP contribution in [0.2, 0.25) is 0 Å². The van der Waals surface area contributed by atoms with Crippen LogP contribution in [0.15, 0.2) is 103 Å². The monoisotopic (exact) mass is 535 g/mol. The Kier molecular flexibility index (Phi) is 9.12. The molecular weight excluding hydrogens is 502 g/mol. The second kappa shape index (κ2) is 12.9. The summed E-state index contributed by atoms with van der Waals surface area (Å²) < 4.78 is 11.0. The quantitative estimate of drug-likeness (QED) is 0.161. The molecule has 0 radical (unpaired) electrons. The summed E-state index contributed by atoms with van der Waals surface area (Å²) in [6.07, 6.45) is -0.174. The van der Waals surface area contributed by atoms with Crippen LogP contribution in [0.3, 0.4) is 0 Å². The molecule has 0 heterocycles. The zero-order valence-corrected chi connectivity index (χ0v) is 23.0. The van der Waals surface area contributed by atoms with Crippen molar-refractivity contribution in [1.82, 2.24) is 0 Å². The van der Waals surface area contributed by atoms with Crippen molar-refractivity contribution in [2.45, 2.75) is 39.0 Å². The predicted octanol–water partition coefficient (Wildman–Crippen LogP) is 7.26. The molecule has 0 atom stereocenters. The van der Waals surface area contributed by atoms with Crippen LogP contribution in [0.25, 0.3) is 0 Å². The van der Waals surface area contributed by atoms with E-state index in [0.29, 0.717) is 22.7 Å². The first-order valence-electron chi connectivity index (χ1n) is 13.2. The van der Waals surface area contributed by atoms with Gasteiger partial charge in [0.05, 0.1) is 6.42 Å². The van der Waals surface area contributed by atoms with E-state index in [1.165, 1.54) is 11.1 Å². The standard InChI is InChI=1S/C34H33NO5/c1-24-9-11-25(12-10-24)31(36)23-39-33(38)22-21-32(37)35-28-15-19-30(20-16-28)40-29-17-13-27(14-18-29)34(2,3)26-7-5-4-6-8-26/h4-20H,21-23H2,1-3H3,(H,35,37). The molecule has 0 aliphatic rings. The summed E-state index contributed by atoms with van der Waals surface area (Å²) in [5.74, 6) is 0.135. The molecule has 0 aliphatic carbocycles. The minimum Gasteiger partial charge on any atom is -0.457 e. The second-order valence-electron chi connectivity index (χ2n) is 10.1. The van der Waals surface area contributed by atoms with Gasteiger partial charge in [-0.1, -0.05) is 86.1 Å². The SMILES string of the molecule is Cc1ccc(C(=O)COC(=O)CCC(=O)Nc2ccc(Oc3ccc(C(C)(C)c4ccccc4)cc3)cc2)cc1. The number of benzene rings is 4. The van der Waals surface area contributed by atoms with Crippen LogP contribution in [0.5, 0.6) is 11.5 Å². The number of carbonyl (C=O) groups is 3. The van der Waals surface area contributed by atoms with E-state index in [-0.39, 0.29) is 36.6 Å². The van der Waals surface area contributed by atoms with E-state index < -0.39 is 5.97 Å². The summed E-state index contributed by atoms with van der Waals surface area (Å²) >= 11 is 0. The number of aryl methyl sites for hydroxylation is 1. The highest BCUT2D eigenvalue weighted by Crippen LogP contribution is 2.33. The van der Waals surface area contributed by atoms with Gasteiger partial charge in [0.25, 0.3) is 0 Å². The molecule has 0 aliphatic heterocycles. The third kappa shape index (κ3) is 7.67. The maximum atomic E-state index is 12.3. The number of anilines is 1. The molecule has 40 heavy (non-hydrogen) atoms. The Bertz CT molecular complexity index is 1440. The van der Waals surface area contributed by atoms with Crippen molar-refractivity contribution in [3.8, 4) is 11.5 Å². The van der Waals surface area contributed by atoms with Crippen LogP contribution >= 0.6 is 0 Å². The van der Waals surface area contributed by atoms with E-state index >= 15 is 0 Å². The fraction of sp³-hybridized carbons (Fsp3) is 0.206. The second-order valence-corrected chi connectivity index (χ2v) is 10.1. The Morgan fingerprint density at radius 1 is 0.700 bits per heavy atom. The van der Waals surface area contributed by atoms with E-state index in [2.05, 4.69) is 43.4 Å². The number of rotatable bonds is 11. The molecule has 0 saturated heterocycles. The molecule has 0 bridgehead atoms. The molecule has 0 unspecified atom stereocenters. The third-order valence-electron chi connectivity index (χ3n) is 6.74. The van der Waals surface area contributed by atoms with Crippen molar-refractivity contribution in [2.24, 2.45) is 0 Å². The van der Waals surface area contributed by atoms with E-state index in [9.17, 15) is 14.4 Å². The number of hydrogen-bond acceptors (Lipinski definition) is 5. The van der Waals surface area contributed by atoms with Gasteiger partial charge in [-0.15, -0.1) is 0 Å². The van der Waals surface area contributed by atoms with Crippen LogP contribution in [-0.4, -0.2) is 24.3 Å². The van der Waals surface area contributed by atoms with Crippen molar-refractivity contribution < 1.29 is 23.9 Å². The molecule has 0 fully saturated rings. The molecular formula is C34H33NO5. The molecule has 1 amide bonds. The van der Waals surface area contributed by atoms with E-state index in [1.54, 1.807) is 36.4 Å². The first-order valence-corrected chi connectivity index (χ1v) is 13.2. The maximum absolute atomic E-state index is 12.3. The lowest BCUT2D eigenvalue weighted by molar-refractivity contribution is -0.143. The van der Waals surface area contributed by atoms with E-state index in [1.807, 2.05) is 49.4 Å². The van der Waals surface area contributed by atoms with Crippen LogP contribution in [0.1, 0.15) is 53.7 Å². The van der Waals surface area contributed by atoms with Crippen LogP contribution in [-0.2, 0) is 19.7 Å². The summed E-state index contributed by atoms with van der Waals surface area (Å²) in [5.41, 5.74) is 4.40. The molecule has 4 aromatic rings. The minimum absolute atomic E-state index is 0.0541. The minimum atomic E-state index is -0.600. The number of ether oxygens (including phenoxy) is 2. The van der Waals surface area contributed by atoms with Gasteiger partial charge in [0.1, 0.15) is 11.5 Å². The molecule has 4 aromatic carbocycles. The van der Waals surface area contributed by atoms with Crippen LogP contribution < -0.4 is 10.1 Å². The van der Waals surface area contributed by atoms with E-state index in [4.69, 9.17) is 9.47 Å². The van der Waals surface area contributed by atoms with E-state index in [0.717, 1.165) is 5.56 Å². The fourth-order valence-corrected chi connectivity index (χ4v) is 4.18. The predicted molar refractivity (Wildman–Crippen MR) is 156 cm³/mol. The highest BCUT2D eigenvalue weighted by atomic mass is 16.5. The highest BCUT2D eigenvalue weighted by molar-refractivity contribution is 5.98. The summed E-state index contributed by atoms with van der Waals surface area (Å²) in [6.45, 7) is 5.97. The summed E-state index contributed by atoms with van der Waals surface area (Å²) in [6, 6.07) is 32.4. The van der Waals surface area contributed by atoms with Gasteiger partial charge < -0.3 is 14.8 Å². The molecule has 0 saturated carbocycles. The van der Waals surface area contributed by atoms with Gasteiger partial charge in [0.2, 0.25) is 5.91 Å². The Morgan fingerprint density at radius 2 is 1.27 bits per heavy atom. The number of nitrogens with one attached hydrogen (secondary N) is 1. The van der Waals surface area contributed by atoms with Crippen molar-refractivity contribution >= 4 is 23.3 Å². The number of esters is 1. The lowest BCUT2D eigenvalue weighted by atomic mass is 9.78. The largest absolute Gasteiger partial charge is 0.457 e. The number of ketones is 1. The van der Waals surface area contributed by atoms with Gasteiger partial charge >= 0.3 is 5.97 Å². The molecule has 204 valence electrons. The normalized spacial score (nSPS) is 11.0. The maximum Gasteiger partial charge on any atom is 0.306 e. The lowest BCUT2D eigenvalue weighted by Gasteiger charge is -2.26. The Morgan fingerprint density at radius 3 is 1.90 bits per heavy atom. The average molecular weight is 536 g/mol. The fourth-order valence-electron chi connectivity index (χ4n) is 4.18. The number of Topliss-reactive ketones (excluding diaryl/α,β-unsaturated/α-hetero) is 1. The van der Waals surface area contributed by atoms with Crippen LogP contribution in [0.4, 0.5) is 5.69 Å². The molecule has 4 rings (SSSR count). The average Bonchev–Trinajstić information content (AvgIpc) is 2.97. The molecule has 6 nitrogen and oxygen atoms in total. The van der Waals surface area contributed by atoms with Gasteiger partial charge in [0, 0.05) is 23.1 Å².